The van der Waals surface area contributed by atoms with Gasteiger partial charge in [-0.25, -0.2) is 0 Å². The molecule has 0 radical (unpaired) electrons. The van der Waals surface area contributed by atoms with Crippen LogP contribution in [-0.2, 0) is 4.79 Å². The Hall–Kier alpha value is -0.650. The summed E-state index contributed by atoms with van der Waals surface area (Å²) >= 11 is 0. The molecule has 2 saturated heterocycles. The molecular weight excluding hydrogens is 252 g/mol. The standard InChI is InChI=1S/C15H30N4O/c1-4-16-5-11-19(12-6-16)15(20)13-17-7-9-18(10-8-17)14(2)3/h14H,4-13H2,1-3H3. The predicted molar refractivity (Wildman–Crippen MR) is 81.8 cm³/mol. The highest BCUT2D eigenvalue weighted by Crippen LogP contribution is 2.07. The number of likely N-dealkylation sites (N-methyl/N-ethyl adjacent to an activating group) is 1. The van der Waals surface area contributed by atoms with Gasteiger partial charge in [-0.05, 0) is 20.4 Å². The van der Waals surface area contributed by atoms with Crippen LogP contribution in [0.25, 0.3) is 0 Å². The molecule has 1 amide bonds. The van der Waals surface area contributed by atoms with Gasteiger partial charge in [0, 0.05) is 58.4 Å². The van der Waals surface area contributed by atoms with Gasteiger partial charge in [0.25, 0.3) is 0 Å². The van der Waals surface area contributed by atoms with E-state index in [2.05, 4.69) is 35.5 Å². The smallest absolute Gasteiger partial charge is 0.236 e. The summed E-state index contributed by atoms with van der Waals surface area (Å²) in [5.41, 5.74) is 0. The van der Waals surface area contributed by atoms with Crippen LogP contribution in [0.5, 0.6) is 0 Å². The van der Waals surface area contributed by atoms with Crippen molar-refractivity contribution in [3.63, 3.8) is 0 Å². The van der Waals surface area contributed by atoms with Crippen LogP contribution in [0.2, 0.25) is 0 Å². The van der Waals surface area contributed by atoms with Gasteiger partial charge in [0.2, 0.25) is 5.91 Å². The second-order valence-electron chi connectivity index (χ2n) is 6.22. The Morgan fingerprint density at radius 2 is 1.45 bits per heavy atom. The van der Waals surface area contributed by atoms with Crippen molar-refractivity contribution in [2.45, 2.75) is 26.8 Å². The lowest BCUT2D eigenvalue weighted by molar-refractivity contribution is -0.134. The highest BCUT2D eigenvalue weighted by Gasteiger charge is 2.24. The first-order valence-corrected chi connectivity index (χ1v) is 8.06. The van der Waals surface area contributed by atoms with E-state index in [1.54, 1.807) is 0 Å². The van der Waals surface area contributed by atoms with Gasteiger partial charge in [-0.1, -0.05) is 6.92 Å². The Labute approximate surface area is 123 Å². The molecule has 0 bridgehead atoms. The van der Waals surface area contributed by atoms with Gasteiger partial charge < -0.3 is 9.80 Å². The van der Waals surface area contributed by atoms with Crippen LogP contribution in [0, 0.1) is 0 Å². The summed E-state index contributed by atoms with van der Waals surface area (Å²) in [7, 11) is 0. The normalized spacial score (nSPS) is 23.5. The van der Waals surface area contributed by atoms with Crippen molar-refractivity contribution in [1.29, 1.82) is 0 Å². The zero-order valence-electron chi connectivity index (χ0n) is 13.3. The molecule has 20 heavy (non-hydrogen) atoms. The largest absolute Gasteiger partial charge is 0.339 e. The first-order valence-electron chi connectivity index (χ1n) is 8.06. The quantitative estimate of drug-likeness (QED) is 0.736. The SMILES string of the molecule is CCN1CCN(C(=O)CN2CCN(C(C)C)CC2)CC1. The van der Waals surface area contributed by atoms with Crippen LogP contribution in [0.1, 0.15) is 20.8 Å². The fraction of sp³-hybridized carbons (Fsp3) is 0.933. The number of nitrogens with zero attached hydrogens (tertiary/aromatic N) is 4. The summed E-state index contributed by atoms with van der Waals surface area (Å²) in [4.78, 5) is 21.6. The zero-order valence-corrected chi connectivity index (χ0v) is 13.3. The summed E-state index contributed by atoms with van der Waals surface area (Å²) in [6.07, 6.45) is 0. The topological polar surface area (TPSA) is 30.0 Å². The van der Waals surface area contributed by atoms with E-state index in [4.69, 9.17) is 0 Å². The molecule has 116 valence electrons. The average molecular weight is 282 g/mol. The Bertz CT molecular complexity index is 305. The van der Waals surface area contributed by atoms with E-state index in [1.165, 1.54) is 0 Å². The van der Waals surface area contributed by atoms with Crippen molar-refractivity contribution >= 4 is 5.91 Å². The zero-order chi connectivity index (χ0) is 14.5. The Morgan fingerprint density at radius 1 is 0.900 bits per heavy atom. The van der Waals surface area contributed by atoms with E-state index >= 15 is 0 Å². The Kier molecular flexibility index (Phi) is 5.81. The molecule has 0 aromatic heterocycles. The van der Waals surface area contributed by atoms with Gasteiger partial charge in [0.15, 0.2) is 0 Å². The van der Waals surface area contributed by atoms with Crippen molar-refractivity contribution in [2.75, 3.05) is 65.4 Å². The molecule has 0 atom stereocenters. The number of carbonyl (C=O) groups excluding carboxylic acids is 1. The highest BCUT2D eigenvalue weighted by molar-refractivity contribution is 5.78. The van der Waals surface area contributed by atoms with E-state index in [1.807, 2.05) is 4.90 Å². The molecule has 0 saturated carbocycles. The van der Waals surface area contributed by atoms with E-state index in [9.17, 15) is 4.79 Å². The lowest BCUT2D eigenvalue weighted by atomic mass is 10.2. The van der Waals surface area contributed by atoms with Gasteiger partial charge in [-0.15, -0.1) is 0 Å². The van der Waals surface area contributed by atoms with Gasteiger partial charge in [0.05, 0.1) is 6.54 Å². The number of piperazine rings is 2. The molecule has 5 nitrogen and oxygen atoms in total. The monoisotopic (exact) mass is 282 g/mol. The molecule has 0 spiro atoms. The lowest BCUT2D eigenvalue weighted by Crippen LogP contribution is -2.54. The third-order valence-electron chi connectivity index (χ3n) is 4.67. The summed E-state index contributed by atoms with van der Waals surface area (Å²) < 4.78 is 0. The fourth-order valence-electron chi connectivity index (χ4n) is 3.04. The van der Waals surface area contributed by atoms with Crippen LogP contribution in [-0.4, -0.2) is 97.0 Å². The average Bonchev–Trinajstić information content (AvgIpc) is 2.48. The van der Waals surface area contributed by atoms with Crippen molar-refractivity contribution in [3.8, 4) is 0 Å². The minimum atomic E-state index is 0.318. The Balaban J connectivity index is 1.70. The minimum Gasteiger partial charge on any atom is -0.339 e. The van der Waals surface area contributed by atoms with Crippen molar-refractivity contribution in [1.82, 2.24) is 19.6 Å². The fourth-order valence-corrected chi connectivity index (χ4v) is 3.04. The van der Waals surface area contributed by atoms with Crippen LogP contribution < -0.4 is 0 Å². The first kappa shape index (κ1) is 15.7. The third kappa shape index (κ3) is 4.17. The van der Waals surface area contributed by atoms with E-state index in [0.29, 0.717) is 18.5 Å². The molecule has 2 aliphatic rings. The molecule has 0 unspecified atom stereocenters. The first-order chi connectivity index (χ1) is 9.60. The van der Waals surface area contributed by atoms with Crippen LogP contribution in [0.3, 0.4) is 0 Å². The van der Waals surface area contributed by atoms with Crippen LogP contribution in [0.15, 0.2) is 0 Å². The van der Waals surface area contributed by atoms with Crippen molar-refractivity contribution in [3.05, 3.63) is 0 Å². The summed E-state index contributed by atoms with van der Waals surface area (Å²) in [6, 6.07) is 0.620. The number of rotatable bonds is 4. The molecule has 0 aromatic rings. The maximum Gasteiger partial charge on any atom is 0.236 e. The number of amides is 1. The maximum absolute atomic E-state index is 12.3. The molecule has 0 aromatic carbocycles. The molecule has 5 heteroatoms. The van der Waals surface area contributed by atoms with Crippen LogP contribution >= 0.6 is 0 Å². The van der Waals surface area contributed by atoms with Crippen molar-refractivity contribution < 1.29 is 4.79 Å². The third-order valence-corrected chi connectivity index (χ3v) is 4.67. The predicted octanol–water partition coefficient (Wildman–Crippen LogP) is 0.177. The summed E-state index contributed by atoms with van der Waals surface area (Å²) in [5.74, 6) is 0.318. The number of carbonyl (C=O) groups is 1. The second-order valence-corrected chi connectivity index (χ2v) is 6.22. The molecule has 2 heterocycles. The molecule has 0 N–H and O–H groups in total. The molecule has 0 aliphatic carbocycles. The second kappa shape index (κ2) is 7.38. The number of hydrogen-bond donors (Lipinski definition) is 0. The highest BCUT2D eigenvalue weighted by atomic mass is 16.2. The number of hydrogen-bond acceptors (Lipinski definition) is 4. The van der Waals surface area contributed by atoms with E-state index < -0.39 is 0 Å². The van der Waals surface area contributed by atoms with E-state index in [-0.39, 0.29) is 0 Å². The maximum atomic E-state index is 12.3. The van der Waals surface area contributed by atoms with Gasteiger partial charge in [-0.3, -0.25) is 14.6 Å². The minimum absolute atomic E-state index is 0.318. The molecule has 2 aliphatic heterocycles. The van der Waals surface area contributed by atoms with Crippen molar-refractivity contribution in [2.24, 2.45) is 0 Å². The summed E-state index contributed by atoms with van der Waals surface area (Å²) in [6.45, 7) is 16.5. The Morgan fingerprint density at radius 3 is 1.95 bits per heavy atom. The van der Waals surface area contributed by atoms with E-state index in [0.717, 1.165) is 58.9 Å². The van der Waals surface area contributed by atoms with Gasteiger partial charge in [-0.2, -0.15) is 0 Å². The van der Waals surface area contributed by atoms with Crippen LogP contribution in [0.4, 0.5) is 0 Å². The molecule has 2 fully saturated rings. The lowest BCUT2D eigenvalue weighted by Gasteiger charge is -2.38. The van der Waals surface area contributed by atoms with Gasteiger partial charge >= 0.3 is 0 Å². The molecule has 2 rings (SSSR count). The van der Waals surface area contributed by atoms with Gasteiger partial charge in [0.1, 0.15) is 0 Å². The summed E-state index contributed by atoms with van der Waals surface area (Å²) in [5, 5.41) is 0. The molecular formula is C15H30N4O.